The number of aliphatic hydroxyl groups is 1. The van der Waals surface area contributed by atoms with Crippen LogP contribution in [0.4, 0.5) is 0 Å². The highest BCUT2D eigenvalue weighted by atomic mass is 16.5. The smallest absolute Gasteiger partial charge is 0.267 e. The van der Waals surface area contributed by atoms with Gasteiger partial charge < -0.3 is 20.1 Å². The Balaban J connectivity index is 1.46. The van der Waals surface area contributed by atoms with E-state index in [0.717, 1.165) is 27.8 Å². The first-order valence-electron chi connectivity index (χ1n) is 8.30. The normalized spacial score (nSPS) is 15.1. The topological polar surface area (TPSA) is 74.3 Å². The summed E-state index contributed by atoms with van der Waals surface area (Å²) < 4.78 is 5.20. The lowest BCUT2D eigenvalue weighted by Gasteiger charge is -2.22. The number of hydrogen-bond acceptors (Lipinski definition) is 3. The zero-order valence-corrected chi connectivity index (χ0v) is 14.0. The fourth-order valence-corrected chi connectivity index (χ4v) is 3.49. The molecule has 1 heterocycles. The van der Waals surface area contributed by atoms with Gasteiger partial charge in [0.2, 0.25) is 0 Å². The zero-order valence-electron chi connectivity index (χ0n) is 14.0. The molecule has 0 spiro atoms. The molecule has 3 aromatic rings. The van der Waals surface area contributed by atoms with Gasteiger partial charge in [-0.1, -0.05) is 24.3 Å². The van der Waals surface area contributed by atoms with Gasteiger partial charge in [-0.2, -0.15) is 0 Å². The largest absolute Gasteiger partial charge is 0.497 e. The van der Waals surface area contributed by atoms with Crippen molar-refractivity contribution in [3.8, 4) is 5.75 Å². The summed E-state index contributed by atoms with van der Waals surface area (Å²) in [6, 6.07) is 15.4. The van der Waals surface area contributed by atoms with Crippen LogP contribution in [0.3, 0.4) is 0 Å². The van der Waals surface area contributed by atoms with Gasteiger partial charge in [0.1, 0.15) is 11.4 Å². The van der Waals surface area contributed by atoms with Gasteiger partial charge in [0.15, 0.2) is 0 Å². The van der Waals surface area contributed by atoms with Crippen molar-refractivity contribution in [2.45, 2.75) is 18.4 Å². The van der Waals surface area contributed by atoms with Gasteiger partial charge >= 0.3 is 0 Å². The van der Waals surface area contributed by atoms with Crippen LogP contribution >= 0.6 is 0 Å². The molecule has 0 saturated heterocycles. The number of rotatable bonds is 4. The molecule has 5 nitrogen and oxygen atoms in total. The number of benzene rings is 2. The van der Waals surface area contributed by atoms with Gasteiger partial charge in [0.25, 0.3) is 5.91 Å². The van der Waals surface area contributed by atoms with Crippen molar-refractivity contribution in [2.75, 3.05) is 13.7 Å². The average molecular weight is 336 g/mol. The fourth-order valence-electron chi connectivity index (χ4n) is 3.49. The molecule has 25 heavy (non-hydrogen) atoms. The Bertz CT molecular complexity index is 920. The number of carbonyl (C=O) groups excluding carboxylic acids is 1. The highest BCUT2D eigenvalue weighted by Gasteiger charge is 2.35. The maximum Gasteiger partial charge on any atom is 0.267 e. The van der Waals surface area contributed by atoms with E-state index in [4.69, 9.17) is 4.74 Å². The van der Waals surface area contributed by atoms with Crippen molar-refractivity contribution in [2.24, 2.45) is 0 Å². The van der Waals surface area contributed by atoms with Crippen LogP contribution in [0.1, 0.15) is 21.6 Å². The van der Waals surface area contributed by atoms with Crippen LogP contribution in [-0.4, -0.2) is 35.3 Å². The number of carbonyl (C=O) groups is 1. The maximum absolute atomic E-state index is 12.5. The lowest BCUT2D eigenvalue weighted by molar-refractivity contribution is 0.0479. The van der Waals surface area contributed by atoms with E-state index < -0.39 is 5.60 Å². The highest BCUT2D eigenvalue weighted by Crippen LogP contribution is 2.29. The SMILES string of the molecule is COc1ccc2cc(C(=O)NCC3(O)Cc4ccccc4C3)[nH]c2c1. The van der Waals surface area contributed by atoms with Crippen molar-refractivity contribution in [3.63, 3.8) is 0 Å². The molecule has 3 N–H and O–H groups in total. The fraction of sp³-hybridized carbons (Fsp3) is 0.250. The quantitative estimate of drug-likeness (QED) is 0.685. The minimum Gasteiger partial charge on any atom is -0.497 e. The van der Waals surface area contributed by atoms with Crippen LogP contribution < -0.4 is 10.1 Å². The molecular weight excluding hydrogens is 316 g/mol. The summed E-state index contributed by atoms with van der Waals surface area (Å²) in [5.74, 6) is 0.513. The third-order valence-corrected chi connectivity index (χ3v) is 4.81. The Labute approximate surface area is 145 Å². The van der Waals surface area contributed by atoms with Crippen LogP contribution in [-0.2, 0) is 12.8 Å². The van der Waals surface area contributed by atoms with E-state index in [1.165, 1.54) is 0 Å². The van der Waals surface area contributed by atoms with Crippen molar-refractivity contribution in [1.82, 2.24) is 10.3 Å². The predicted molar refractivity (Wildman–Crippen MR) is 96.0 cm³/mol. The summed E-state index contributed by atoms with van der Waals surface area (Å²) in [4.78, 5) is 15.6. The van der Waals surface area contributed by atoms with Crippen LogP contribution in [0.5, 0.6) is 5.75 Å². The molecule has 0 aliphatic heterocycles. The number of aromatic amines is 1. The lowest BCUT2D eigenvalue weighted by Crippen LogP contribution is -2.43. The van der Waals surface area contributed by atoms with E-state index in [1.54, 1.807) is 13.2 Å². The van der Waals surface area contributed by atoms with E-state index in [2.05, 4.69) is 10.3 Å². The molecule has 1 aromatic heterocycles. The molecule has 128 valence electrons. The maximum atomic E-state index is 12.5. The molecule has 1 aliphatic carbocycles. The summed E-state index contributed by atoms with van der Waals surface area (Å²) in [6.07, 6.45) is 1.13. The Hall–Kier alpha value is -2.79. The molecule has 0 saturated carbocycles. The molecule has 0 fully saturated rings. The van der Waals surface area contributed by atoms with Gasteiger partial charge in [-0.15, -0.1) is 0 Å². The molecule has 0 unspecified atom stereocenters. The van der Waals surface area contributed by atoms with Crippen molar-refractivity contribution in [3.05, 3.63) is 65.4 Å². The number of H-pyrrole nitrogens is 1. The Kier molecular flexibility index (Phi) is 3.73. The number of nitrogens with one attached hydrogen (secondary N) is 2. The van der Waals surface area contributed by atoms with Gasteiger partial charge in [-0.3, -0.25) is 4.79 Å². The van der Waals surface area contributed by atoms with Crippen LogP contribution in [0.25, 0.3) is 10.9 Å². The molecule has 1 aliphatic rings. The van der Waals surface area contributed by atoms with Crippen LogP contribution in [0.15, 0.2) is 48.5 Å². The summed E-state index contributed by atoms with van der Waals surface area (Å²) in [6.45, 7) is 0.221. The third kappa shape index (κ3) is 2.98. The Morgan fingerprint density at radius 3 is 2.60 bits per heavy atom. The van der Waals surface area contributed by atoms with Crippen molar-refractivity contribution in [1.29, 1.82) is 0 Å². The molecule has 5 heteroatoms. The molecule has 2 aromatic carbocycles. The monoisotopic (exact) mass is 336 g/mol. The Morgan fingerprint density at radius 2 is 1.92 bits per heavy atom. The zero-order chi connectivity index (χ0) is 17.4. The third-order valence-electron chi connectivity index (χ3n) is 4.81. The van der Waals surface area contributed by atoms with Gasteiger partial charge in [0, 0.05) is 36.4 Å². The minimum absolute atomic E-state index is 0.221. The summed E-state index contributed by atoms with van der Waals surface area (Å²) in [7, 11) is 1.61. The summed E-state index contributed by atoms with van der Waals surface area (Å²) >= 11 is 0. The number of amides is 1. The molecular formula is C20H20N2O3. The average Bonchev–Trinajstić information content (AvgIpc) is 3.19. The van der Waals surface area contributed by atoms with Crippen molar-refractivity contribution >= 4 is 16.8 Å². The first-order valence-corrected chi connectivity index (χ1v) is 8.30. The van der Waals surface area contributed by atoms with Gasteiger partial charge in [-0.25, -0.2) is 0 Å². The number of hydrogen-bond donors (Lipinski definition) is 3. The lowest BCUT2D eigenvalue weighted by atomic mass is 10.0. The summed E-state index contributed by atoms with van der Waals surface area (Å²) in [5, 5.41) is 14.6. The molecule has 4 rings (SSSR count). The van der Waals surface area contributed by atoms with E-state index in [1.807, 2.05) is 42.5 Å². The molecule has 1 amide bonds. The van der Waals surface area contributed by atoms with Crippen LogP contribution in [0, 0.1) is 0 Å². The first kappa shape index (κ1) is 15.7. The van der Waals surface area contributed by atoms with E-state index in [0.29, 0.717) is 18.5 Å². The highest BCUT2D eigenvalue weighted by molar-refractivity contribution is 5.98. The second-order valence-corrected chi connectivity index (χ2v) is 6.67. The molecule has 0 radical (unpaired) electrons. The van der Waals surface area contributed by atoms with Crippen molar-refractivity contribution < 1.29 is 14.6 Å². The van der Waals surface area contributed by atoms with Gasteiger partial charge in [-0.05, 0) is 29.3 Å². The number of methoxy groups -OCH3 is 1. The van der Waals surface area contributed by atoms with Gasteiger partial charge in [0.05, 0.1) is 12.7 Å². The summed E-state index contributed by atoms with van der Waals surface area (Å²) in [5.41, 5.74) is 2.70. The van der Waals surface area contributed by atoms with E-state index in [-0.39, 0.29) is 12.5 Å². The number of aromatic nitrogens is 1. The predicted octanol–water partition coefficient (Wildman–Crippen LogP) is 2.44. The second kappa shape index (κ2) is 5.93. The van der Waals surface area contributed by atoms with Crippen LogP contribution in [0.2, 0.25) is 0 Å². The first-order chi connectivity index (χ1) is 12.1. The standard InChI is InChI=1S/C20H20N2O3/c1-25-16-7-6-13-8-18(22-17(13)9-16)19(23)21-12-20(24)10-14-4-2-3-5-15(14)11-20/h2-9,22,24H,10-12H2,1H3,(H,21,23). The molecule has 0 bridgehead atoms. The number of fused-ring (bicyclic) bond motifs is 2. The second-order valence-electron chi connectivity index (χ2n) is 6.67. The van der Waals surface area contributed by atoms with E-state index in [9.17, 15) is 9.90 Å². The molecule has 0 atom stereocenters. The minimum atomic E-state index is -0.922. The van der Waals surface area contributed by atoms with E-state index >= 15 is 0 Å². The number of ether oxygens (including phenoxy) is 1. The Morgan fingerprint density at radius 1 is 1.20 bits per heavy atom.